The van der Waals surface area contributed by atoms with Gasteiger partial charge >= 0.3 is 6.03 Å². The van der Waals surface area contributed by atoms with E-state index >= 15 is 0 Å². The number of anilines is 1. The number of nitrogens with zero attached hydrogens (tertiary/aromatic N) is 2. The Morgan fingerprint density at radius 3 is 2.58 bits per heavy atom. The van der Waals surface area contributed by atoms with Gasteiger partial charge in [0.15, 0.2) is 0 Å². The van der Waals surface area contributed by atoms with Crippen LogP contribution in [-0.2, 0) is 13.1 Å². The fourth-order valence-electron chi connectivity index (χ4n) is 3.01. The van der Waals surface area contributed by atoms with Crippen LogP contribution in [0.5, 0.6) is 0 Å². The van der Waals surface area contributed by atoms with Crippen molar-refractivity contribution in [1.82, 2.24) is 15.6 Å². The molecule has 138 valence electrons. The standard InChI is InChI=1S/C20H25ClN4O/c1-15-8-10-25(11-9-15)19-7-6-16(12-22-19)13-23-20(26)24-14-17-4-2-3-5-18(17)21/h2-7,12,15H,8-11,13-14H2,1H3,(H2,23,24,26). The zero-order chi connectivity index (χ0) is 18.4. The first-order valence-corrected chi connectivity index (χ1v) is 9.44. The number of amides is 2. The summed E-state index contributed by atoms with van der Waals surface area (Å²) in [6.07, 6.45) is 4.27. The summed E-state index contributed by atoms with van der Waals surface area (Å²) >= 11 is 6.08. The van der Waals surface area contributed by atoms with Crippen molar-refractivity contribution in [2.45, 2.75) is 32.9 Å². The molecular formula is C20H25ClN4O. The van der Waals surface area contributed by atoms with Crippen molar-refractivity contribution in [2.24, 2.45) is 5.92 Å². The Morgan fingerprint density at radius 1 is 1.15 bits per heavy atom. The summed E-state index contributed by atoms with van der Waals surface area (Å²) in [5, 5.41) is 6.31. The number of aromatic nitrogens is 1. The molecule has 1 aliphatic heterocycles. The molecule has 0 aliphatic carbocycles. The second-order valence-electron chi connectivity index (χ2n) is 6.82. The first-order chi connectivity index (χ1) is 12.6. The molecule has 1 aromatic heterocycles. The van der Waals surface area contributed by atoms with Crippen LogP contribution in [0.2, 0.25) is 5.02 Å². The molecule has 6 heteroatoms. The van der Waals surface area contributed by atoms with Gasteiger partial charge in [0.1, 0.15) is 5.82 Å². The fourth-order valence-corrected chi connectivity index (χ4v) is 3.21. The van der Waals surface area contributed by atoms with Crippen LogP contribution in [0.1, 0.15) is 30.9 Å². The molecule has 2 N–H and O–H groups in total. The summed E-state index contributed by atoms with van der Waals surface area (Å²) in [7, 11) is 0. The van der Waals surface area contributed by atoms with Gasteiger partial charge in [-0.2, -0.15) is 0 Å². The predicted molar refractivity (Wildman–Crippen MR) is 105 cm³/mol. The molecule has 2 aromatic rings. The molecule has 0 saturated carbocycles. The van der Waals surface area contributed by atoms with E-state index in [1.807, 2.05) is 42.6 Å². The van der Waals surface area contributed by atoms with E-state index in [-0.39, 0.29) is 6.03 Å². The van der Waals surface area contributed by atoms with Crippen molar-refractivity contribution in [1.29, 1.82) is 0 Å². The van der Waals surface area contributed by atoms with Gasteiger partial charge in [-0.25, -0.2) is 9.78 Å². The molecule has 1 fully saturated rings. The third-order valence-corrected chi connectivity index (χ3v) is 5.14. The molecule has 0 bridgehead atoms. The molecular weight excluding hydrogens is 348 g/mol. The lowest BCUT2D eigenvalue weighted by molar-refractivity contribution is 0.240. The number of halogens is 1. The molecule has 1 aliphatic rings. The maximum atomic E-state index is 12.0. The number of hydrogen-bond acceptors (Lipinski definition) is 3. The number of nitrogens with one attached hydrogen (secondary N) is 2. The number of piperidine rings is 1. The number of carbonyl (C=O) groups is 1. The summed E-state index contributed by atoms with van der Waals surface area (Å²) < 4.78 is 0. The highest BCUT2D eigenvalue weighted by atomic mass is 35.5. The van der Waals surface area contributed by atoms with Crippen molar-refractivity contribution < 1.29 is 4.79 Å². The monoisotopic (exact) mass is 372 g/mol. The predicted octanol–water partition coefficient (Wildman–Crippen LogP) is 3.97. The highest BCUT2D eigenvalue weighted by Gasteiger charge is 2.16. The van der Waals surface area contributed by atoms with Gasteiger partial charge in [-0.1, -0.05) is 42.8 Å². The van der Waals surface area contributed by atoms with Crippen molar-refractivity contribution >= 4 is 23.4 Å². The van der Waals surface area contributed by atoms with E-state index in [4.69, 9.17) is 11.6 Å². The van der Waals surface area contributed by atoms with Crippen LogP contribution in [-0.4, -0.2) is 24.1 Å². The SMILES string of the molecule is CC1CCN(c2ccc(CNC(=O)NCc3ccccc3Cl)cn2)CC1. The minimum Gasteiger partial charge on any atom is -0.357 e. The zero-order valence-corrected chi connectivity index (χ0v) is 15.8. The molecule has 1 aromatic carbocycles. The van der Waals surface area contributed by atoms with E-state index in [0.29, 0.717) is 18.1 Å². The van der Waals surface area contributed by atoms with Gasteiger partial charge in [0, 0.05) is 37.4 Å². The van der Waals surface area contributed by atoms with E-state index in [2.05, 4.69) is 27.4 Å². The fraction of sp³-hybridized carbons (Fsp3) is 0.400. The molecule has 0 radical (unpaired) electrons. The molecule has 2 amide bonds. The molecule has 0 spiro atoms. The molecule has 0 atom stereocenters. The van der Waals surface area contributed by atoms with Crippen LogP contribution in [0.15, 0.2) is 42.6 Å². The molecule has 3 rings (SSSR count). The Balaban J connectivity index is 1.44. The maximum Gasteiger partial charge on any atom is 0.315 e. The van der Waals surface area contributed by atoms with Crippen molar-refractivity contribution in [3.8, 4) is 0 Å². The Bertz CT molecular complexity index is 727. The van der Waals surface area contributed by atoms with Crippen molar-refractivity contribution in [3.63, 3.8) is 0 Å². The normalized spacial score (nSPS) is 14.9. The molecule has 26 heavy (non-hydrogen) atoms. The van der Waals surface area contributed by atoms with Gasteiger partial charge in [-0.15, -0.1) is 0 Å². The van der Waals surface area contributed by atoms with Crippen LogP contribution in [0, 0.1) is 5.92 Å². The first-order valence-electron chi connectivity index (χ1n) is 9.07. The van der Waals surface area contributed by atoms with Gasteiger partial charge in [-0.3, -0.25) is 0 Å². The van der Waals surface area contributed by atoms with Crippen LogP contribution in [0.3, 0.4) is 0 Å². The number of rotatable bonds is 5. The Labute approximate surface area is 159 Å². The quantitative estimate of drug-likeness (QED) is 0.834. The van der Waals surface area contributed by atoms with E-state index in [1.54, 1.807) is 0 Å². The zero-order valence-electron chi connectivity index (χ0n) is 15.0. The second kappa shape index (κ2) is 8.90. The maximum absolute atomic E-state index is 12.0. The van der Waals surface area contributed by atoms with Crippen LogP contribution < -0.4 is 15.5 Å². The molecule has 5 nitrogen and oxygen atoms in total. The van der Waals surface area contributed by atoms with Gasteiger partial charge in [0.05, 0.1) is 0 Å². The first kappa shape index (κ1) is 18.5. The largest absolute Gasteiger partial charge is 0.357 e. The minimum atomic E-state index is -0.223. The smallest absolute Gasteiger partial charge is 0.315 e. The summed E-state index contributed by atoms with van der Waals surface area (Å²) in [6.45, 7) is 5.28. The van der Waals surface area contributed by atoms with Crippen molar-refractivity contribution in [3.05, 3.63) is 58.7 Å². The number of urea groups is 1. The third-order valence-electron chi connectivity index (χ3n) is 4.77. The molecule has 0 unspecified atom stereocenters. The molecule has 1 saturated heterocycles. The van der Waals surface area contributed by atoms with E-state index in [0.717, 1.165) is 36.0 Å². The second-order valence-corrected chi connectivity index (χ2v) is 7.23. The average Bonchev–Trinajstić information content (AvgIpc) is 2.67. The van der Waals surface area contributed by atoms with E-state index < -0.39 is 0 Å². The minimum absolute atomic E-state index is 0.223. The summed E-state index contributed by atoms with van der Waals surface area (Å²) in [6, 6.07) is 11.3. The Hall–Kier alpha value is -2.27. The highest BCUT2D eigenvalue weighted by Crippen LogP contribution is 2.21. The van der Waals surface area contributed by atoms with Gasteiger partial charge in [0.25, 0.3) is 0 Å². The van der Waals surface area contributed by atoms with E-state index in [1.165, 1.54) is 12.8 Å². The Kier molecular flexibility index (Phi) is 6.34. The lowest BCUT2D eigenvalue weighted by atomic mass is 9.99. The summed E-state index contributed by atoms with van der Waals surface area (Å²) in [5.41, 5.74) is 1.87. The van der Waals surface area contributed by atoms with E-state index in [9.17, 15) is 4.79 Å². The number of carbonyl (C=O) groups excluding carboxylic acids is 1. The Morgan fingerprint density at radius 2 is 1.88 bits per heavy atom. The summed E-state index contributed by atoms with van der Waals surface area (Å²) in [5.74, 6) is 1.82. The lowest BCUT2D eigenvalue weighted by Gasteiger charge is -2.31. The number of pyridine rings is 1. The number of hydrogen-bond donors (Lipinski definition) is 2. The van der Waals surface area contributed by atoms with Crippen LogP contribution in [0.4, 0.5) is 10.6 Å². The third kappa shape index (κ3) is 5.11. The van der Waals surface area contributed by atoms with Gasteiger partial charge in [-0.05, 0) is 42.0 Å². The lowest BCUT2D eigenvalue weighted by Crippen LogP contribution is -2.35. The van der Waals surface area contributed by atoms with Gasteiger partial charge < -0.3 is 15.5 Å². The highest BCUT2D eigenvalue weighted by molar-refractivity contribution is 6.31. The summed E-state index contributed by atoms with van der Waals surface area (Å²) in [4.78, 5) is 18.8. The molecule has 2 heterocycles. The van der Waals surface area contributed by atoms with Crippen LogP contribution >= 0.6 is 11.6 Å². The average molecular weight is 373 g/mol. The van der Waals surface area contributed by atoms with Crippen LogP contribution in [0.25, 0.3) is 0 Å². The van der Waals surface area contributed by atoms with Crippen molar-refractivity contribution in [2.75, 3.05) is 18.0 Å². The topological polar surface area (TPSA) is 57.3 Å². The van der Waals surface area contributed by atoms with Gasteiger partial charge in [0.2, 0.25) is 0 Å². The number of benzene rings is 1.